The van der Waals surface area contributed by atoms with Crippen molar-refractivity contribution in [3.63, 3.8) is 0 Å². The third-order valence-corrected chi connectivity index (χ3v) is 3.72. The summed E-state index contributed by atoms with van der Waals surface area (Å²) in [6.45, 7) is 1.68. The van der Waals surface area contributed by atoms with Gasteiger partial charge in [-0.1, -0.05) is 17.3 Å². The molecule has 2 rings (SSSR count). The fraction of sp³-hybridized carbons (Fsp3) is 0.133. The number of hydrogen-bond donors (Lipinski definition) is 2. The summed E-state index contributed by atoms with van der Waals surface area (Å²) in [5.74, 6) is 0.352. The standard InChI is InChI=1S/C15H15FN2O2S/c1-9-6-7-10(8-11(9)16)20-12-4-3-5-13(21-2)14(12)15(17)18-19/h3-8,19H,1-2H3,(H2,17,18). The minimum absolute atomic E-state index is 0.0532. The Morgan fingerprint density at radius 2 is 2.10 bits per heavy atom. The van der Waals surface area contributed by atoms with E-state index in [4.69, 9.17) is 15.7 Å². The highest BCUT2D eigenvalue weighted by atomic mass is 32.2. The number of hydrogen-bond acceptors (Lipinski definition) is 4. The number of rotatable bonds is 4. The van der Waals surface area contributed by atoms with Crippen molar-refractivity contribution >= 4 is 17.6 Å². The summed E-state index contributed by atoms with van der Waals surface area (Å²) >= 11 is 1.44. The van der Waals surface area contributed by atoms with Gasteiger partial charge < -0.3 is 15.7 Å². The van der Waals surface area contributed by atoms with Crippen LogP contribution in [-0.2, 0) is 0 Å². The van der Waals surface area contributed by atoms with Gasteiger partial charge in [0.15, 0.2) is 5.84 Å². The van der Waals surface area contributed by atoms with E-state index in [2.05, 4.69) is 5.16 Å². The van der Waals surface area contributed by atoms with Crippen molar-refractivity contribution < 1.29 is 14.3 Å². The van der Waals surface area contributed by atoms with Crippen LogP contribution in [0, 0.1) is 12.7 Å². The average molecular weight is 306 g/mol. The predicted molar refractivity (Wildman–Crippen MR) is 81.9 cm³/mol. The van der Waals surface area contributed by atoms with Crippen LogP contribution in [0.25, 0.3) is 0 Å². The normalized spacial score (nSPS) is 11.5. The molecular formula is C15H15FN2O2S. The van der Waals surface area contributed by atoms with Gasteiger partial charge in [-0.25, -0.2) is 4.39 Å². The van der Waals surface area contributed by atoms with Crippen molar-refractivity contribution in [3.05, 3.63) is 53.3 Å². The fourth-order valence-corrected chi connectivity index (χ4v) is 2.46. The lowest BCUT2D eigenvalue weighted by Gasteiger charge is -2.13. The van der Waals surface area contributed by atoms with Gasteiger partial charge in [0.2, 0.25) is 0 Å². The number of halogens is 1. The van der Waals surface area contributed by atoms with Gasteiger partial charge in [-0.3, -0.25) is 0 Å². The van der Waals surface area contributed by atoms with E-state index in [1.807, 2.05) is 12.3 Å². The van der Waals surface area contributed by atoms with Crippen molar-refractivity contribution in [1.82, 2.24) is 0 Å². The quantitative estimate of drug-likeness (QED) is 0.297. The first-order valence-electron chi connectivity index (χ1n) is 6.15. The van der Waals surface area contributed by atoms with Crippen LogP contribution in [0.5, 0.6) is 11.5 Å². The van der Waals surface area contributed by atoms with Crippen LogP contribution in [0.4, 0.5) is 4.39 Å². The van der Waals surface area contributed by atoms with Crippen LogP contribution in [0.15, 0.2) is 46.4 Å². The lowest BCUT2D eigenvalue weighted by Crippen LogP contribution is -2.15. The Morgan fingerprint density at radius 1 is 1.33 bits per heavy atom. The lowest BCUT2D eigenvalue weighted by atomic mass is 10.1. The predicted octanol–water partition coefficient (Wildman–Crippen LogP) is 3.74. The van der Waals surface area contributed by atoms with E-state index >= 15 is 0 Å². The minimum atomic E-state index is -0.348. The van der Waals surface area contributed by atoms with E-state index in [0.29, 0.717) is 22.6 Å². The van der Waals surface area contributed by atoms with E-state index < -0.39 is 0 Å². The second-order valence-electron chi connectivity index (χ2n) is 4.33. The van der Waals surface area contributed by atoms with Crippen LogP contribution < -0.4 is 10.5 Å². The number of thioether (sulfide) groups is 1. The monoisotopic (exact) mass is 306 g/mol. The van der Waals surface area contributed by atoms with E-state index in [-0.39, 0.29) is 11.7 Å². The summed E-state index contributed by atoms with van der Waals surface area (Å²) in [4.78, 5) is 0.801. The Morgan fingerprint density at radius 3 is 2.71 bits per heavy atom. The summed E-state index contributed by atoms with van der Waals surface area (Å²) in [6.07, 6.45) is 1.87. The molecule has 21 heavy (non-hydrogen) atoms. The maximum Gasteiger partial charge on any atom is 0.175 e. The van der Waals surface area contributed by atoms with Crippen LogP contribution in [0.1, 0.15) is 11.1 Å². The summed E-state index contributed by atoms with van der Waals surface area (Å²) < 4.78 is 19.3. The van der Waals surface area contributed by atoms with Crippen molar-refractivity contribution in [2.45, 2.75) is 11.8 Å². The molecule has 0 saturated carbocycles. The Bertz CT molecular complexity index is 689. The molecule has 0 aliphatic carbocycles. The second kappa shape index (κ2) is 6.49. The molecule has 2 aromatic rings. The summed E-state index contributed by atoms with van der Waals surface area (Å²) in [5.41, 5.74) is 6.73. The molecule has 0 atom stereocenters. The topological polar surface area (TPSA) is 67.8 Å². The maximum absolute atomic E-state index is 13.6. The SMILES string of the molecule is CSc1cccc(Oc2ccc(C)c(F)c2)c1/C(N)=N/O. The third-order valence-electron chi connectivity index (χ3n) is 2.94. The minimum Gasteiger partial charge on any atom is -0.456 e. The lowest BCUT2D eigenvalue weighted by molar-refractivity contribution is 0.318. The molecule has 0 unspecified atom stereocenters. The third kappa shape index (κ3) is 3.28. The van der Waals surface area contributed by atoms with E-state index in [9.17, 15) is 4.39 Å². The zero-order chi connectivity index (χ0) is 15.4. The first-order valence-corrected chi connectivity index (χ1v) is 7.38. The molecule has 0 aromatic heterocycles. The highest BCUT2D eigenvalue weighted by molar-refractivity contribution is 7.98. The maximum atomic E-state index is 13.6. The van der Waals surface area contributed by atoms with Gasteiger partial charge in [0.1, 0.15) is 17.3 Å². The number of amidine groups is 1. The van der Waals surface area contributed by atoms with E-state index in [1.165, 1.54) is 17.8 Å². The Hall–Kier alpha value is -2.21. The van der Waals surface area contributed by atoms with Crippen molar-refractivity contribution in [2.75, 3.05) is 6.26 Å². The van der Waals surface area contributed by atoms with Crippen molar-refractivity contribution in [2.24, 2.45) is 10.9 Å². The molecule has 0 bridgehead atoms. The van der Waals surface area contributed by atoms with Crippen LogP contribution in [0.2, 0.25) is 0 Å². The molecule has 2 aromatic carbocycles. The molecule has 0 amide bonds. The molecule has 0 radical (unpaired) electrons. The van der Waals surface area contributed by atoms with Crippen LogP contribution >= 0.6 is 11.8 Å². The molecule has 0 spiro atoms. The summed E-state index contributed by atoms with van der Waals surface area (Å²) in [7, 11) is 0. The number of oxime groups is 1. The molecule has 0 aliphatic heterocycles. The van der Waals surface area contributed by atoms with Crippen molar-refractivity contribution in [3.8, 4) is 11.5 Å². The van der Waals surface area contributed by atoms with Crippen LogP contribution in [0.3, 0.4) is 0 Å². The Labute approximate surface area is 126 Å². The molecule has 6 heteroatoms. The molecule has 0 saturated heterocycles. The van der Waals surface area contributed by atoms with Gasteiger partial charge in [0.05, 0.1) is 5.56 Å². The summed E-state index contributed by atoms with van der Waals surface area (Å²) in [6, 6.07) is 9.91. The molecule has 110 valence electrons. The fourth-order valence-electron chi connectivity index (χ4n) is 1.83. The zero-order valence-corrected chi connectivity index (χ0v) is 12.4. The molecule has 0 heterocycles. The molecule has 3 N–H and O–H groups in total. The first-order chi connectivity index (χ1) is 10.1. The molecule has 0 fully saturated rings. The Kier molecular flexibility index (Phi) is 4.70. The Balaban J connectivity index is 2.46. The number of ether oxygens (including phenoxy) is 1. The average Bonchev–Trinajstić information content (AvgIpc) is 2.50. The van der Waals surface area contributed by atoms with Gasteiger partial charge in [0, 0.05) is 11.0 Å². The van der Waals surface area contributed by atoms with Crippen LogP contribution in [-0.4, -0.2) is 17.3 Å². The van der Waals surface area contributed by atoms with E-state index in [0.717, 1.165) is 4.90 Å². The largest absolute Gasteiger partial charge is 0.456 e. The molecule has 0 aliphatic rings. The smallest absolute Gasteiger partial charge is 0.175 e. The van der Waals surface area contributed by atoms with Crippen molar-refractivity contribution in [1.29, 1.82) is 0 Å². The number of benzene rings is 2. The zero-order valence-electron chi connectivity index (χ0n) is 11.6. The molecular weight excluding hydrogens is 291 g/mol. The van der Waals surface area contributed by atoms with Gasteiger partial charge in [-0.15, -0.1) is 11.8 Å². The highest BCUT2D eigenvalue weighted by Gasteiger charge is 2.14. The number of nitrogens with zero attached hydrogens (tertiary/aromatic N) is 1. The first kappa shape index (κ1) is 15.2. The number of aryl methyl sites for hydroxylation is 1. The van der Waals surface area contributed by atoms with Gasteiger partial charge in [0.25, 0.3) is 0 Å². The summed E-state index contributed by atoms with van der Waals surface area (Å²) in [5, 5.41) is 11.9. The molecule has 4 nitrogen and oxygen atoms in total. The second-order valence-corrected chi connectivity index (χ2v) is 5.18. The van der Waals surface area contributed by atoms with Gasteiger partial charge in [-0.05, 0) is 36.9 Å². The van der Waals surface area contributed by atoms with Gasteiger partial charge in [-0.2, -0.15) is 0 Å². The number of nitrogens with two attached hydrogens (primary N) is 1. The van der Waals surface area contributed by atoms with E-state index in [1.54, 1.807) is 31.2 Å². The highest BCUT2D eigenvalue weighted by Crippen LogP contribution is 2.32. The van der Waals surface area contributed by atoms with Gasteiger partial charge >= 0.3 is 0 Å².